The molecule has 0 aliphatic heterocycles. The number of carbonyl (C=O) groups excluding carboxylic acids is 1. The van der Waals surface area contributed by atoms with Crippen LogP contribution in [0.3, 0.4) is 0 Å². The molecule has 1 unspecified atom stereocenters. The van der Waals surface area contributed by atoms with Gasteiger partial charge in [0.25, 0.3) is 0 Å². The number of hydrogen-bond donors (Lipinski definition) is 0. The first-order valence-electron chi connectivity index (χ1n) is 6.49. The van der Waals surface area contributed by atoms with Crippen LogP contribution in [0.1, 0.15) is 17.2 Å². The number of halogens is 4. The Morgan fingerprint density at radius 3 is 2.35 bits per heavy atom. The minimum absolute atomic E-state index is 0.138. The lowest BCUT2D eigenvalue weighted by atomic mass is 10.1. The fraction of sp³-hybridized carbons (Fsp3) is 0.188. The summed E-state index contributed by atoms with van der Waals surface area (Å²) in [7, 11) is 1.17. The number of ether oxygens (including phenoxy) is 2. The molecular weight excluding hydrogens is 333 g/mol. The Balaban J connectivity index is 2.36. The number of esters is 1. The monoisotopic (exact) mass is 344 g/mol. The molecule has 0 spiro atoms. The van der Waals surface area contributed by atoms with E-state index >= 15 is 0 Å². The predicted molar refractivity (Wildman–Crippen MR) is 78.3 cm³/mol. The van der Waals surface area contributed by atoms with Gasteiger partial charge in [-0.15, -0.1) is 0 Å². The van der Waals surface area contributed by atoms with Crippen LogP contribution < -0.4 is 4.74 Å². The molecule has 0 aliphatic rings. The first-order chi connectivity index (χ1) is 10.8. The molecule has 0 heterocycles. The Labute approximate surface area is 135 Å². The summed E-state index contributed by atoms with van der Waals surface area (Å²) in [6.07, 6.45) is -5.80. The molecule has 0 aromatic heterocycles. The van der Waals surface area contributed by atoms with Gasteiger partial charge in [-0.3, -0.25) is 0 Å². The zero-order valence-corrected chi connectivity index (χ0v) is 12.7. The molecule has 0 N–H and O–H groups in total. The van der Waals surface area contributed by atoms with E-state index in [2.05, 4.69) is 4.74 Å². The van der Waals surface area contributed by atoms with Crippen LogP contribution in [0.4, 0.5) is 13.2 Å². The summed E-state index contributed by atoms with van der Waals surface area (Å²) in [4.78, 5) is 11.9. The molecule has 0 aliphatic carbocycles. The SMILES string of the molecule is COC(=O)C(Oc1ccc(Cl)c(C(F)(F)F)c1)c1ccccc1. The number of methoxy groups -OCH3 is 1. The highest BCUT2D eigenvalue weighted by Gasteiger charge is 2.34. The maximum atomic E-state index is 12.9. The normalized spacial score (nSPS) is 12.6. The average Bonchev–Trinajstić information content (AvgIpc) is 2.53. The molecule has 0 amide bonds. The maximum Gasteiger partial charge on any atom is 0.417 e. The quantitative estimate of drug-likeness (QED) is 0.757. The van der Waals surface area contributed by atoms with Crippen LogP contribution in [-0.4, -0.2) is 13.1 Å². The maximum absolute atomic E-state index is 12.9. The van der Waals surface area contributed by atoms with Crippen molar-refractivity contribution in [3.63, 3.8) is 0 Å². The topological polar surface area (TPSA) is 35.5 Å². The van der Waals surface area contributed by atoms with E-state index in [1.165, 1.54) is 13.2 Å². The van der Waals surface area contributed by atoms with Gasteiger partial charge in [-0.25, -0.2) is 4.79 Å². The van der Waals surface area contributed by atoms with Crippen LogP contribution >= 0.6 is 11.6 Å². The molecular formula is C16H12ClF3O3. The molecule has 23 heavy (non-hydrogen) atoms. The number of rotatable bonds is 4. The van der Waals surface area contributed by atoms with Crippen molar-refractivity contribution in [3.05, 3.63) is 64.7 Å². The summed E-state index contributed by atoms with van der Waals surface area (Å²) in [5.74, 6) is -0.860. The molecule has 1 atom stereocenters. The molecule has 0 bridgehead atoms. The van der Waals surface area contributed by atoms with Crippen LogP contribution in [-0.2, 0) is 15.7 Å². The van der Waals surface area contributed by atoms with Crippen molar-refractivity contribution in [2.75, 3.05) is 7.11 Å². The van der Waals surface area contributed by atoms with E-state index in [-0.39, 0.29) is 5.75 Å². The molecule has 2 aromatic rings. The van der Waals surface area contributed by atoms with E-state index in [1.54, 1.807) is 30.3 Å². The summed E-state index contributed by atoms with van der Waals surface area (Å²) in [6, 6.07) is 11.4. The summed E-state index contributed by atoms with van der Waals surface area (Å²) < 4.78 is 48.7. The van der Waals surface area contributed by atoms with Crippen LogP contribution in [0.2, 0.25) is 5.02 Å². The van der Waals surface area contributed by atoms with E-state index in [0.717, 1.165) is 12.1 Å². The van der Waals surface area contributed by atoms with Gasteiger partial charge in [-0.05, 0) is 18.2 Å². The molecule has 0 saturated carbocycles. The Hall–Kier alpha value is -2.21. The average molecular weight is 345 g/mol. The Morgan fingerprint density at radius 2 is 1.78 bits per heavy atom. The van der Waals surface area contributed by atoms with Gasteiger partial charge in [0.1, 0.15) is 5.75 Å². The molecule has 0 fully saturated rings. The standard InChI is InChI=1S/C16H12ClF3O3/c1-22-15(21)14(10-5-3-2-4-6-10)23-11-7-8-13(17)12(9-11)16(18,19)20/h2-9,14H,1H3. The van der Waals surface area contributed by atoms with E-state index in [1.807, 2.05) is 0 Å². The first kappa shape index (κ1) is 17.1. The molecule has 2 rings (SSSR count). The van der Waals surface area contributed by atoms with Crippen LogP contribution in [0.25, 0.3) is 0 Å². The third kappa shape index (κ3) is 4.16. The summed E-state index contributed by atoms with van der Waals surface area (Å²) in [6.45, 7) is 0. The highest BCUT2D eigenvalue weighted by molar-refractivity contribution is 6.31. The van der Waals surface area contributed by atoms with Gasteiger partial charge in [-0.2, -0.15) is 13.2 Å². The summed E-state index contributed by atoms with van der Waals surface area (Å²) in [5.41, 5.74) is -0.573. The molecule has 3 nitrogen and oxygen atoms in total. The van der Waals surface area contributed by atoms with Crippen molar-refractivity contribution in [1.82, 2.24) is 0 Å². The lowest BCUT2D eigenvalue weighted by Gasteiger charge is -2.18. The lowest BCUT2D eigenvalue weighted by Crippen LogP contribution is -2.20. The third-order valence-corrected chi connectivity index (χ3v) is 3.34. The van der Waals surface area contributed by atoms with E-state index in [4.69, 9.17) is 16.3 Å². The molecule has 0 saturated heterocycles. The van der Waals surface area contributed by atoms with Crippen molar-refractivity contribution >= 4 is 17.6 Å². The zero-order chi connectivity index (χ0) is 17.0. The Bertz CT molecular complexity index is 687. The van der Waals surface area contributed by atoms with Crippen LogP contribution in [0.5, 0.6) is 5.75 Å². The minimum Gasteiger partial charge on any atom is -0.474 e. The van der Waals surface area contributed by atoms with E-state index in [0.29, 0.717) is 5.56 Å². The second-order valence-electron chi connectivity index (χ2n) is 4.57. The fourth-order valence-corrected chi connectivity index (χ4v) is 2.14. The number of carbonyl (C=O) groups is 1. The Kier molecular flexibility index (Phi) is 5.15. The van der Waals surface area contributed by atoms with Gasteiger partial charge < -0.3 is 9.47 Å². The Morgan fingerprint density at radius 1 is 1.13 bits per heavy atom. The van der Waals surface area contributed by atoms with E-state index in [9.17, 15) is 18.0 Å². The lowest BCUT2D eigenvalue weighted by molar-refractivity contribution is -0.149. The van der Waals surface area contributed by atoms with Crippen LogP contribution in [0.15, 0.2) is 48.5 Å². The van der Waals surface area contributed by atoms with Gasteiger partial charge in [0, 0.05) is 5.56 Å². The predicted octanol–water partition coefficient (Wildman–Crippen LogP) is 4.65. The van der Waals surface area contributed by atoms with Crippen molar-refractivity contribution in [2.45, 2.75) is 12.3 Å². The fourth-order valence-electron chi connectivity index (χ4n) is 1.92. The van der Waals surface area contributed by atoms with Gasteiger partial charge in [0.15, 0.2) is 0 Å². The van der Waals surface area contributed by atoms with Gasteiger partial charge >= 0.3 is 12.1 Å². The van der Waals surface area contributed by atoms with Crippen molar-refractivity contribution < 1.29 is 27.4 Å². The molecule has 2 aromatic carbocycles. The minimum atomic E-state index is -4.62. The van der Waals surface area contributed by atoms with Crippen LogP contribution in [0, 0.1) is 0 Å². The third-order valence-electron chi connectivity index (χ3n) is 3.01. The number of alkyl halides is 3. The molecule has 0 radical (unpaired) electrons. The summed E-state index contributed by atoms with van der Waals surface area (Å²) in [5, 5.41) is -0.445. The van der Waals surface area contributed by atoms with Crippen molar-refractivity contribution in [1.29, 1.82) is 0 Å². The largest absolute Gasteiger partial charge is 0.474 e. The first-order valence-corrected chi connectivity index (χ1v) is 6.87. The van der Waals surface area contributed by atoms with Gasteiger partial charge in [-0.1, -0.05) is 41.9 Å². The zero-order valence-electron chi connectivity index (χ0n) is 11.9. The second-order valence-corrected chi connectivity index (χ2v) is 4.98. The molecule has 122 valence electrons. The second kappa shape index (κ2) is 6.91. The highest BCUT2D eigenvalue weighted by atomic mass is 35.5. The number of hydrogen-bond acceptors (Lipinski definition) is 3. The van der Waals surface area contributed by atoms with Crippen molar-refractivity contribution in [3.8, 4) is 5.75 Å². The van der Waals surface area contributed by atoms with Gasteiger partial charge in [0.2, 0.25) is 6.10 Å². The van der Waals surface area contributed by atoms with Gasteiger partial charge in [0.05, 0.1) is 17.7 Å². The molecule has 7 heteroatoms. The number of benzene rings is 2. The highest BCUT2D eigenvalue weighted by Crippen LogP contribution is 2.37. The smallest absolute Gasteiger partial charge is 0.417 e. The van der Waals surface area contributed by atoms with E-state index < -0.39 is 28.8 Å². The van der Waals surface area contributed by atoms with Crippen molar-refractivity contribution in [2.24, 2.45) is 0 Å². The summed E-state index contributed by atoms with van der Waals surface area (Å²) >= 11 is 5.56.